The van der Waals surface area contributed by atoms with Crippen LogP contribution in [0.1, 0.15) is 26.7 Å². The van der Waals surface area contributed by atoms with Gasteiger partial charge in [-0.05, 0) is 13.3 Å². The van der Waals surface area contributed by atoms with Crippen LogP contribution in [-0.2, 0) is 9.53 Å². The minimum atomic E-state index is -0.661. The number of carbonyl (C=O) groups excluding carboxylic acids is 1. The highest BCUT2D eigenvalue weighted by molar-refractivity contribution is 5.83. The largest absolute Gasteiger partial charge is 0.391 e. The van der Waals surface area contributed by atoms with Gasteiger partial charge in [0.2, 0.25) is 5.91 Å². The Morgan fingerprint density at radius 2 is 2.44 bits per heavy atom. The topological polar surface area (TPSA) is 84.6 Å². The van der Waals surface area contributed by atoms with Crippen LogP contribution in [0.5, 0.6) is 0 Å². The standard InChI is InChI=1S/C11H22N2O3/c1-3-4-8(14)5-13-10(15)11(2)7-16-6-9(11)12/h8-9,14H,3-7,12H2,1-2H3,(H,13,15). The van der Waals surface area contributed by atoms with E-state index in [1.54, 1.807) is 6.92 Å². The summed E-state index contributed by atoms with van der Waals surface area (Å²) in [5.41, 5.74) is 5.17. The minimum Gasteiger partial charge on any atom is -0.391 e. The Labute approximate surface area is 96.3 Å². The first-order chi connectivity index (χ1) is 7.50. The molecule has 3 atom stereocenters. The van der Waals surface area contributed by atoms with Gasteiger partial charge in [-0.2, -0.15) is 0 Å². The summed E-state index contributed by atoms with van der Waals surface area (Å²) < 4.78 is 5.20. The SMILES string of the molecule is CCCC(O)CNC(=O)C1(C)COCC1N. The molecule has 4 N–H and O–H groups in total. The molecule has 1 rings (SSSR count). The molecule has 1 heterocycles. The average Bonchev–Trinajstić information content (AvgIpc) is 2.57. The fraction of sp³-hybridized carbons (Fsp3) is 0.909. The molecule has 1 aliphatic heterocycles. The lowest BCUT2D eigenvalue weighted by atomic mass is 9.85. The van der Waals surface area contributed by atoms with Gasteiger partial charge in [-0.25, -0.2) is 0 Å². The molecule has 0 aromatic carbocycles. The van der Waals surface area contributed by atoms with Crippen LogP contribution >= 0.6 is 0 Å². The van der Waals surface area contributed by atoms with Crippen LogP contribution in [0.15, 0.2) is 0 Å². The maximum atomic E-state index is 11.9. The second-order valence-corrected chi connectivity index (χ2v) is 4.69. The van der Waals surface area contributed by atoms with Crippen molar-refractivity contribution < 1.29 is 14.6 Å². The minimum absolute atomic E-state index is 0.132. The van der Waals surface area contributed by atoms with Crippen molar-refractivity contribution in [2.24, 2.45) is 11.1 Å². The normalized spacial score (nSPS) is 31.4. The van der Waals surface area contributed by atoms with Gasteiger partial charge in [0.05, 0.1) is 24.7 Å². The van der Waals surface area contributed by atoms with Gasteiger partial charge < -0.3 is 20.9 Å². The lowest BCUT2D eigenvalue weighted by Gasteiger charge is -2.26. The van der Waals surface area contributed by atoms with E-state index >= 15 is 0 Å². The Kier molecular flexibility index (Phi) is 4.70. The molecule has 16 heavy (non-hydrogen) atoms. The molecule has 5 nitrogen and oxygen atoms in total. The molecule has 0 aliphatic carbocycles. The summed E-state index contributed by atoms with van der Waals surface area (Å²) in [5, 5.41) is 12.2. The fourth-order valence-corrected chi connectivity index (χ4v) is 1.77. The van der Waals surface area contributed by atoms with Gasteiger partial charge in [0.1, 0.15) is 0 Å². The molecule has 0 aromatic heterocycles. The third kappa shape index (κ3) is 2.93. The summed E-state index contributed by atoms with van der Waals surface area (Å²) in [4.78, 5) is 11.9. The third-order valence-corrected chi connectivity index (χ3v) is 3.16. The molecule has 0 radical (unpaired) electrons. The van der Waals surface area contributed by atoms with Gasteiger partial charge in [-0.3, -0.25) is 4.79 Å². The zero-order valence-corrected chi connectivity index (χ0v) is 10.0. The predicted octanol–water partition coefficient (Wildman–Crippen LogP) is -0.373. The highest BCUT2D eigenvalue weighted by Gasteiger charge is 2.44. The molecular formula is C11H22N2O3. The Morgan fingerprint density at radius 1 is 1.75 bits per heavy atom. The zero-order valence-electron chi connectivity index (χ0n) is 10.0. The van der Waals surface area contributed by atoms with Crippen LogP contribution in [-0.4, -0.2) is 42.9 Å². The summed E-state index contributed by atoms with van der Waals surface area (Å²) >= 11 is 0. The molecule has 1 amide bonds. The first-order valence-corrected chi connectivity index (χ1v) is 5.80. The van der Waals surface area contributed by atoms with Crippen LogP contribution < -0.4 is 11.1 Å². The molecule has 5 heteroatoms. The molecule has 1 fully saturated rings. The first kappa shape index (κ1) is 13.4. The molecule has 0 saturated carbocycles. The van der Waals surface area contributed by atoms with E-state index in [1.165, 1.54) is 0 Å². The smallest absolute Gasteiger partial charge is 0.230 e. The average molecular weight is 230 g/mol. The number of nitrogens with two attached hydrogens (primary N) is 1. The van der Waals surface area contributed by atoms with Crippen molar-refractivity contribution in [3.63, 3.8) is 0 Å². The van der Waals surface area contributed by atoms with E-state index in [0.717, 1.165) is 6.42 Å². The summed E-state index contributed by atoms with van der Waals surface area (Å²) in [6.07, 6.45) is 1.12. The monoisotopic (exact) mass is 230 g/mol. The van der Waals surface area contributed by atoms with Crippen molar-refractivity contribution in [3.05, 3.63) is 0 Å². The number of rotatable bonds is 5. The second kappa shape index (κ2) is 5.61. The Bertz CT molecular complexity index is 247. The van der Waals surface area contributed by atoms with E-state index in [2.05, 4.69) is 5.32 Å². The molecular weight excluding hydrogens is 208 g/mol. The number of aliphatic hydroxyl groups excluding tert-OH is 1. The van der Waals surface area contributed by atoms with Crippen LogP contribution in [0.25, 0.3) is 0 Å². The van der Waals surface area contributed by atoms with Gasteiger partial charge in [-0.15, -0.1) is 0 Å². The van der Waals surface area contributed by atoms with Gasteiger partial charge in [0.25, 0.3) is 0 Å². The predicted molar refractivity (Wildman–Crippen MR) is 60.8 cm³/mol. The number of hydrogen-bond donors (Lipinski definition) is 3. The number of aliphatic hydroxyl groups is 1. The van der Waals surface area contributed by atoms with Crippen LogP contribution in [0.3, 0.4) is 0 Å². The summed E-state index contributed by atoms with van der Waals surface area (Å²) in [6, 6.07) is -0.268. The molecule has 0 spiro atoms. The second-order valence-electron chi connectivity index (χ2n) is 4.69. The molecule has 0 bridgehead atoms. The van der Waals surface area contributed by atoms with Gasteiger partial charge >= 0.3 is 0 Å². The lowest BCUT2D eigenvalue weighted by molar-refractivity contribution is -0.131. The lowest BCUT2D eigenvalue weighted by Crippen LogP contribution is -2.51. The van der Waals surface area contributed by atoms with Crippen molar-refractivity contribution in [3.8, 4) is 0 Å². The van der Waals surface area contributed by atoms with Gasteiger partial charge in [0, 0.05) is 12.6 Å². The molecule has 94 valence electrons. The number of amides is 1. The Balaban J connectivity index is 2.40. The van der Waals surface area contributed by atoms with Crippen molar-refractivity contribution in [1.82, 2.24) is 5.32 Å². The molecule has 1 aliphatic rings. The van der Waals surface area contributed by atoms with Gasteiger partial charge in [0.15, 0.2) is 0 Å². The zero-order chi connectivity index (χ0) is 12.2. The number of nitrogens with one attached hydrogen (secondary N) is 1. The van der Waals surface area contributed by atoms with Crippen molar-refractivity contribution in [2.75, 3.05) is 19.8 Å². The van der Waals surface area contributed by atoms with E-state index < -0.39 is 11.5 Å². The maximum Gasteiger partial charge on any atom is 0.230 e. The third-order valence-electron chi connectivity index (χ3n) is 3.16. The Hall–Kier alpha value is -0.650. The van der Waals surface area contributed by atoms with E-state index in [-0.39, 0.29) is 18.5 Å². The van der Waals surface area contributed by atoms with Crippen LogP contribution in [0, 0.1) is 5.41 Å². The van der Waals surface area contributed by atoms with Crippen molar-refractivity contribution >= 4 is 5.91 Å². The van der Waals surface area contributed by atoms with Crippen LogP contribution in [0.4, 0.5) is 0 Å². The van der Waals surface area contributed by atoms with E-state index in [0.29, 0.717) is 19.6 Å². The summed E-state index contributed by atoms with van der Waals surface area (Å²) in [6.45, 7) is 4.85. The number of carbonyl (C=O) groups is 1. The highest BCUT2D eigenvalue weighted by atomic mass is 16.5. The fourth-order valence-electron chi connectivity index (χ4n) is 1.77. The van der Waals surface area contributed by atoms with Gasteiger partial charge in [-0.1, -0.05) is 13.3 Å². The van der Waals surface area contributed by atoms with E-state index in [9.17, 15) is 9.90 Å². The highest BCUT2D eigenvalue weighted by Crippen LogP contribution is 2.26. The molecule has 0 aromatic rings. The quantitative estimate of drug-likeness (QED) is 0.601. The maximum absolute atomic E-state index is 11.9. The molecule has 3 unspecified atom stereocenters. The molecule has 1 saturated heterocycles. The van der Waals surface area contributed by atoms with E-state index in [1.807, 2.05) is 6.92 Å². The van der Waals surface area contributed by atoms with Crippen molar-refractivity contribution in [2.45, 2.75) is 38.8 Å². The summed E-state index contributed by atoms with van der Waals surface area (Å²) in [5.74, 6) is -0.132. The van der Waals surface area contributed by atoms with E-state index in [4.69, 9.17) is 10.5 Å². The van der Waals surface area contributed by atoms with Crippen LogP contribution in [0.2, 0.25) is 0 Å². The first-order valence-electron chi connectivity index (χ1n) is 5.80. The number of ether oxygens (including phenoxy) is 1. The Morgan fingerprint density at radius 3 is 2.94 bits per heavy atom. The summed E-state index contributed by atoms with van der Waals surface area (Å²) in [7, 11) is 0. The van der Waals surface area contributed by atoms with Crippen molar-refractivity contribution in [1.29, 1.82) is 0 Å². The number of hydrogen-bond acceptors (Lipinski definition) is 4.